The number of esters is 1. The second kappa shape index (κ2) is 8.73. The summed E-state index contributed by atoms with van der Waals surface area (Å²) in [5.74, 6) is -0.921. The van der Waals surface area contributed by atoms with Gasteiger partial charge in [-0.3, -0.25) is 4.79 Å². The number of nitrogens with zero attached hydrogens (tertiary/aromatic N) is 1. The van der Waals surface area contributed by atoms with Gasteiger partial charge in [-0.2, -0.15) is 13.2 Å². The fraction of sp³-hybridized carbons (Fsp3) is 0.214. The molecule has 0 bridgehead atoms. The molecule has 0 saturated heterocycles. The van der Waals surface area contributed by atoms with Gasteiger partial charge in [-0.15, -0.1) is 0 Å². The fourth-order valence-electron chi connectivity index (χ4n) is 5.00. The minimum absolute atomic E-state index is 0.135. The maximum absolute atomic E-state index is 13.5. The summed E-state index contributed by atoms with van der Waals surface area (Å²) in [7, 11) is 1.30. The molecule has 1 aliphatic carbocycles. The Morgan fingerprint density at radius 3 is 2.34 bits per heavy atom. The van der Waals surface area contributed by atoms with Gasteiger partial charge in [0.05, 0.1) is 23.8 Å². The van der Waals surface area contributed by atoms with Gasteiger partial charge in [-0.25, -0.2) is 4.79 Å². The number of fused-ring (bicyclic) bond motifs is 3. The Kier molecular flexibility index (Phi) is 5.71. The lowest BCUT2D eigenvalue weighted by molar-refractivity contribution is -0.137. The van der Waals surface area contributed by atoms with Crippen LogP contribution >= 0.6 is 0 Å². The molecule has 1 heterocycles. The molecule has 1 atom stereocenters. The van der Waals surface area contributed by atoms with Crippen molar-refractivity contribution in [3.63, 3.8) is 0 Å². The minimum Gasteiger partial charge on any atom is -0.465 e. The molecule has 0 amide bonds. The number of rotatable bonds is 4. The highest BCUT2D eigenvalue weighted by Crippen LogP contribution is 2.40. The number of ether oxygens (including phenoxy) is 1. The highest BCUT2D eigenvalue weighted by Gasteiger charge is 2.35. The number of alkyl halides is 3. The molecule has 0 spiro atoms. The maximum Gasteiger partial charge on any atom is 0.416 e. The van der Waals surface area contributed by atoms with Crippen LogP contribution in [0.15, 0.2) is 72.8 Å². The zero-order valence-electron chi connectivity index (χ0n) is 18.9. The highest BCUT2D eigenvalue weighted by atomic mass is 19.4. The Morgan fingerprint density at radius 2 is 1.69 bits per heavy atom. The molecule has 0 saturated carbocycles. The van der Waals surface area contributed by atoms with Gasteiger partial charge < -0.3 is 9.30 Å². The standard InChI is InChI=1S/C28H22F3NO3/c1-35-27(34)21-8-5-9-22-25(21)26-23(32(22)16-17-6-3-2-4-7-17)14-19(15-24(26)33)18-10-12-20(13-11-18)28(29,30)31/h2-13,19H,14-16H2,1H3. The normalized spacial score (nSPS) is 15.8. The van der Waals surface area contributed by atoms with Crippen LogP contribution in [0.25, 0.3) is 10.9 Å². The maximum atomic E-state index is 13.5. The van der Waals surface area contributed by atoms with Gasteiger partial charge in [-0.05, 0) is 47.7 Å². The number of hydrogen-bond acceptors (Lipinski definition) is 3. The molecular formula is C28H22F3NO3. The number of hydrogen-bond donors (Lipinski definition) is 0. The summed E-state index contributed by atoms with van der Waals surface area (Å²) in [6.45, 7) is 0.490. The van der Waals surface area contributed by atoms with E-state index in [4.69, 9.17) is 4.74 Å². The van der Waals surface area contributed by atoms with Gasteiger partial charge in [0, 0.05) is 29.6 Å². The number of Topliss-reactive ketones (excluding diaryl/α,β-unsaturated/α-hetero) is 1. The van der Waals surface area contributed by atoms with E-state index in [1.807, 2.05) is 41.0 Å². The van der Waals surface area contributed by atoms with Crippen LogP contribution in [-0.4, -0.2) is 23.4 Å². The average Bonchev–Trinajstić information content (AvgIpc) is 3.17. The first kappa shape index (κ1) is 22.9. The second-order valence-corrected chi connectivity index (χ2v) is 8.73. The van der Waals surface area contributed by atoms with E-state index in [9.17, 15) is 22.8 Å². The smallest absolute Gasteiger partial charge is 0.416 e. The molecule has 0 N–H and O–H groups in total. The third-order valence-corrected chi connectivity index (χ3v) is 6.65. The average molecular weight is 477 g/mol. The first-order chi connectivity index (χ1) is 16.8. The number of carbonyl (C=O) groups is 2. The van der Waals surface area contributed by atoms with Crippen LogP contribution < -0.4 is 0 Å². The van der Waals surface area contributed by atoms with E-state index in [-0.39, 0.29) is 18.1 Å². The van der Waals surface area contributed by atoms with Crippen molar-refractivity contribution < 1.29 is 27.5 Å². The van der Waals surface area contributed by atoms with Gasteiger partial charge in [0.15, 0.2) is 5.78 Å². The molecule has 35 heavy (non-hydrogen) atoms. The largest absolute Gasteiger partial charge is 0.465 e. The molecule has 0 radical (unpaired) electrons. The van der Waals surface area contributed by atoms with Gasteiger partial charge in [0.1, 0.15) is 0 Å². The Balaban J connectivity index is 1.65. The molecule has 7 heteroatoms. The Bertz CT molecular complexity index is 1420. The quantitative estimate of drug-likeness (QED) is 0.319. The van der Waals surface area contributed by atoms with Crippen molar-refractivity contribution in [2.24, 2.45) is 0 Å². The first-order valence-electron chi connectivity index (χ1n) is 11.2. The third-order valence-electron chi connectivity index (χ3n) is 6.65. The van der Waals surface area contributed by atoms with Crippen molar-refractivity contribution in [2.75, 3.05) is 7.11 Å². The summed E-state index contributed by atoms with van der Waals surface area (Å²) in [6, 6.07) is 20.1. The van der Waals surface area contributed by atoms with E-state index in [1.54, 1.807) is 12.1 Å². The number of aromatic nitrogens is 1. The SMILES string of the molecule is COC(=O)c1cccc2c1c1c(n2Cc2ccccc2)CC(c2ccc(C(F)(F)F)cc2)CC1=O. The van der Waals surface area contributed by atoms with E-state index in [1.165, 1.54) is 19.2 Å². The van der Waals surface area contributed by atoms with Crippen LogP contribution in [0.5, 0.6) is 0 Å². The van der Waals surface area contributed by atoms with Crippen LogP contribution in [0.2, 0.25) is 0 Å². The Labute approximate surface area is 199 Å². The summed E-state index contributed by atoms with van der Waals surface area (Å²) in [5.41, 5.74) is 3.35. The number of ketones is 1. The van der Waals surface area contributed by atoms with Crippen LogP contribution in [-0.2, 0) is 23.9 Å². The molecule has 4 aromatic rings. The van der Waals surface area contributed by atoms with Crippen molar-refractivity contribution >= 4 is 22.7 Å². The lowest BCUT2D eigenvalue weighted by Gasteiger charge is -2.24. The van der Waals surface area contributed by atoms with Crippen molar-refractivity contribution in [1.29, 1.82) is 0 Å². The molecule has 178 valence electrons. The van der Waals surface area contributed by atoms with Gasteiger partial charge >= 0.3 is 12.1 Å². The van der Waals surface area contributed by atoms with E-state index in [2.05, 4.69) is 0 Å². The molecular weight excluding hydrogens is 455 g/mol. The van der Waals surface area contributed by atoms with Crippen LogP contribution in [0.3, 0.4) is 0 Å². The number of halogens is 3. The summed E-state index contributed by atoms with van der Waals surface area (Å²) >= 11 is 0. The molecule has 4 nitrogen and oxygen atoms in total. The summed E-state index contributed by atoms with van der Waals surface area (Å²) in [6.07, 6.45) is -3.80. The summed E-state index contributed by atoms with van der Waals surface area (Å²) in [5, 5.41) is 0.571. The monoisotopic (exact) mass is 477 g/mol. The molecule has 0 aliphatic heterocycles. The lowest BCUT2D eigenvalue weighted by Crippen LogP contribution is -2.21. The van der Waals surface area contributed by atoms with Crippen LogP contribution in [0.4, 0.5) is 13.2 Å². The zero-order valence-corrected chi connectivity index (χ0v) is 18.9. The third kappa shape index (κ3) is 4.11. The molecule has 0 fully saturated rings. The first-order valence-corrected chi connectivity index (χ1v) is 11.2. The number of methoxy groups -OCH3 is 1. The lowest BCUT2D eigenvalue weighted by atomic mass is 9.81. The highest BCUT2D eigenvalue weighted by molar-refractivity contribution is 6.16. The van der Waals surface area contributed by atoms with Gasteiger partial charge in [0.2, 0.25) is 0 Å². The van der Waals surface area contributed by atoms with Crippen molar-refractivity contribution in [3.8, 4) is 0 Å². The predicted molar refractivity (Wildman–Crippen MR) is 126 cm³/mol. The topological polar surface area (TPSA) is 48.3 Å². The summed E-state index contributed by atoms with van der Waals surface area (Å²) < 4.78 is 46.1. The van der Waals surface area contributed by atoms with Crippen LogP contribution in [0, 0.1) is 0 Å². The van der Waals surface area contributed by atoms with Crippen molar-refractivity contribution in [1.82, 2.24) is 4.57 Å². The summed E-state index contributed by atoms with van der Waals surface area (Å²) in [4.78, 5) is 26.0. The van der Waals surface area contributed by atoms with Crippen LogP contribution in [0.1, 0.15) is 55.4 Å². The number of benzene rings is 3. The molecule has 5 rings (SSSR count). The Morgan fingerprint density at radius 1 is 0.971 bits per heavy atom. The fourth-order valence-corrected chi connectivity index (χ4v) is 5.00. The van der Waals surface area contributed by atoms with E-state index in [0.717, 1.165) is 28.9 Å². The van der Waals surface area contributed by atoms with Crippen molar-refractivity contribution in [2.45, 2.75) is 31.5 Å². The van der Waals surface area contributed by atoms with E-state index in [0.29, 0.717) is 35.0 Å². The van der Waals surface area contributed by atoms with Gasteiger partial charge in [0.25, 0.3) is 0 Å². The van der Waals surface area contributed by atoms with E-state index < -0.39 is 17.7 Å². The number of carbonyl (C=O) groups excluding carboxylic acids is 2. The Hall–Kier alpha value is -3.87. The predicted octanol–water partition coefficient (Wildman–Crippen LogP) is 6.41. The zero-order chi connectivity index (χ0) is 24.7. The van der Waals surface area contributed by atoms with E-state index >= 15 is 0 Å². The molecule has 3 aromatic carbocycles. The van der Waals surface area contributed by atoms with Crippen molar-refractivity contribution in [3.05, 3.63) is 106 Å². The molecule has 1 aliphatic rings. The minimum atomic E-state index is -4.42. The van der Waals surface area contributed by atoms with Gasteiger partial charge in [-0.1, -0.05) is 48.5 Å². The second-order valence-electron chi connectivity index (χ2n) is 8.73. The molecule has 1 unspecified atom stereocenters. The molecule has 1 aromatic heterocycles.